The Kier molecular flexibility index (Phi) is 6.35. The molecular formula is C20H23F3N4O3. The second-order valence-electron chi connectivity index (χ2n) is 6.98. The van der Waals surface area contributed by atoms with Gasteiger partial charge < -0.3 is 25.1 Å². The number of hydrogen-bond acceptors (Lipinski definition) is 7. The van der Waals surface area contributed by atoms with Gasteiger partial charge in [-0.2, -0.15) is 13.2 Å². The molecule has 1 aliphatic rings. The summed E-state index contributed by atoms with van der Waals surface area (Å²) in [6.07, 6.45) is -4.59. The van der Waals surface area contributed by atoms with Crippen LogP contribution in [0.1, 0.15) is 12.8 Å². The first-order valence-electron chi connectivity index (χ1n) is 9.37. The molecule has 0 atom stereocenters. The van der Waals surface area contributed by atoms with Gasteiger partial charge in [-0.15, -0.1) is 4.91 Å². The normalized spacial score (nSPS) is 16.1. The number of halogens is 3. The molecule has 0 aromatic heterocycles. The molecule has 10 heteroatoms. The van der Waals surface area contributed by atoms with Gasteiger partial charge in [0.1, 0.15) is 0 Å². The van der Waals surface area contributed by atoms with Gasteiger partial charge in [-0.25, -0.2) is 0 Å². The number of alkyl halides is 3. The molecule has 0 bridgehead atoms. The van der Waals surface area contributed by atoms with Crippen molar-refractivity contribution in [2.45, 2.75) is 24.6 Å². The van der Waals surface area contributed by atoms with Gasteiger partial charge in [0.2, 0.25) is 0 Å². The molecule has 2 N–H and O–H groups in total. The minimum absolute atomic E-state index is 0.107. The highest BCUT2D eigenvalue weighted by Crippen LogP contribution is 2.42. The van der Waals surface area contributed by atoms with Crippen LogP contribution in [0.4, 0.5) is 35.9 Å². The zero-order valence-corrected chi connectivity index (χ0v) is 16.6. The minimum atomic E-state index is -4.38. The third kappa shape index (κ3) is 4.43. The first-order chi connectivity index (χ1) is 14.3. The van der Waals surface area contributed by atoms with E-state index in [1.54, 1.807) is 25.2 Å². The van der Waals surface area contributed by atoms with Crippen molar-refractivity contribution < 1.29 is 22.7 Å². The standard InChI is InChI=1S/C20H23F3N4O3/c1-24-17-13-15(5-8-18(17)30-26-28)25-14-3-6-16(7-4-14)27-11-9-19(29-2,10-12-27)20(21,22)23/h3-8,13,24-25H,9-12H2,1-2H3. The quantitative estimate of drug-likeness (QED) is 0.477. The Bertz CT molecular complexity index is 867. The van der Waals surface area contributed by atoms with Crippen LogP contribution in [0.15, 0.2) is 47.8 Å². The summed E-state index contributed by atoms with van der Waals surface area (Å²) in [7, 11) is 2.82. The molecule has 2 aromatic rings. The average Bonchev–Trinajstić information content (AvgIpc) is 2.75. The Labute approximate surface area is 172 Å². The SMILES string of the molecule is CNc1cc(Nc2ccc(N3CCC(OC)(C(F)(F)F)CC3)cc2)ccc1ON=O. The van der Waals surface area contributed by atoms with Crippen LogP contribution in [-0.2, 0) is 4.74 Å². The molecule has 1 saturated heterocycles. The van der Waals surface area contributed by atoms with Crippen LogP contribution in [0, 0.1) is 4.91 Å². The minimum Gasteiger partial charge on any atom is -0.385 e. The van der Waals surface area contributed by atoms with Gasteiger partial charge >= 0.3 is 6.18 Å². The van der Waals surface area contributed by atoms with Gasteiger partial charge in [0, 0.05) is 57.2 Å². The summed E-state index contributed by atoms with van der Waals surface area (Å²) in [6, 6.07) is 12.6. The second-order valence-corrected chi connectivity index (χ2v) is 6.98. The Hall–Kier alpha value is -3.01. The van der Waals surface area contributed by atoms with Crippen LogP contribution in [0.5, 0.6) is 5.75 Å². The fourth-order valence-corrected chi connectivity index (χ4v) is 3.57. The lowest BCUT2D eigenvalue weighted by Gasteiger charge is -2.42. The lowest BCUT2D eigenvalue weighted by atomic mass is 9.90. The van der Waals surface area contributed by atoms with Gasteiger partial charge in [-0.3, -0.25) is 0 Å². The van der Waals surface area contributed by atoms with Crippen LogP contribution in [0.25, 0.3) is 0 Å². The van der Waals surface area contributed by atoms with Crippen molar-refractivity contribution in [2.24, 2.45) is 5.34 Å². The predicted octanol–water partition coefficient (Wildman–Crippen LogP) is 5.08. The Balaban J connectivity index is 1.66. The summed E-state index contributed by atoms with van der Waals surface area (Å²) in [5.41, 5.74) is 0.950. The molecule has 0 aliphatic carbocycles. The maximum absolute atomic E-state index is 13.3. The van der Waals surface area contributed by atoms with E-state index in [0.29, 0.717) is 11.4 Å². The van der Waals surface area contributed by atoms with Gasteiger partial charge in [0.25, 0.3) is 0 Å². The smallest absolute Gasteiger partial charge is 0.385 e. The number of hydrogen-bond donors (Lipinski definition) is 2. The van der Waals surface area contributed by atoms with Gasteiger partial charge in [0.15, 0.2) is 16.7 Å². The number of ether oxygens (including phenoxy) is 1. The fourth-order valence-electron chi connectivity index (χ4n) is 3.57. The van der Waals surface area contributed by atoms with Crippen molar-refractivity contribution in [1.29, 1.82) is 0 Å². The van der Waals surface area contributed by atoms with Crippen molar-refractivity contribution in [3.05, 3.63) is 47.4 Å². The summed E-state index contributed by atoms with van der Waals surface area (Å²) in [4.78, 5) is 16.9. The maximum atomic E-state index is 13.3. The molecule has 0 saturated carbocycles. The lowest BCUT2D eigenvalue weighted by molar-refractivity contribution is -0.276. The van der Waals surface area contributed by atoms with E-state index in [4.69, 9.17) is 4.74 Å². The third-order valence-corrected chi connectivity index (χ3v) is 5.38. The van der Waals surface area contributed by atoms with Crippen LogP contribution in [0.2, 0.25) is 0 Å². The Morgan fingerprint density at radius 3 is 2.23 bits per heavy atom. The number of piperidine rings is 1. The van der Waals surface area contributed by atoms with Gasteiger partial charge in [0.05, 0.1) is 5.69 Å². The molecule has 162 valence electrons. The molecule has 1 heterocycles. The molecule has 1 aliphatic heterocycles. The summed E-state index contributed by atoms with van der Waals surface area (Å²) < 4.78 is 44.8. The van der Waals surface area contributed by atoms with Crippen molar-refractivity contribution in [2.75, 3.05) is 42.8 Å². The predicted molar refractivity (Wildman–Crippen MR) is 109 cm³/mol. The third-order valence-electron chi connectivity index (χ3n) is 5.38. The molecule has 3 rings (SSSR count). The number of benzene rings is 2. The maximum Gasteiger partial charge on any atom is 0.417 e. The number of rotatable bonds is 7. The summed E-state index contributed by atoms with van der Waals surface area (Å²) >= 11 is 0. The van der Waals surface area contributed by atoms with Crippen molar-refractivity contribution >= 4 is 22.7 Å². The molecule has 0 radical (unpaired) electrons. The molecular weight excluding hydrogens is 401 g/mol. The van der Waals surface area contributed by atoms with Crippen LogP contribution >= 0.6 is 0 Å². The van der Waals surface area contributed by atoms with E-state index < -0.39 is 11.8 Å². The summed E-state index contributed by atoms with van der Waals surface area (Å²) in [5.74, 6) is 0.310. The Morgan fingerprint density at radius 1 is 1.07 bits per heavy atom. The second kappa shape index (κ2) is 8.78. The molecule has 0 unspecified atom stereocenters. The van der Waals surface area contributed by atoms with Crippen molar-refractivity contribution in [3.8, 4) is 5.75 Å². The van der Waals surface area contributed by atoms with E-state index in [1.807, 2.05) is 29.2 Å². The highest BCUT2D eigenvalue weighted by Gasteiger charge is 2.56. The average molecular weight is 424 g/mol. The van der Waals surface area contributed by atoms with E-state index in [9.17, 15) is 18.1 Å². The monoisotopic (exact) mass is 424 g/mol. The fraction of sp³-hybridized carbons (Fsp3) is 0.400. The molecule has 2 aromatic carbocycles. The van der Waals surface area contributed by atoms with Crippen LogP contribution < -0.4 is 20.4 Å². The van der Waals surface area contributed by atoms with E-state index in [2.05, 4.69) is 20.8 Å². The van der Waals surface area contributed by atoms with E-state index in [-0.39, 0.29) is 25.9 Å². The molecule has 0 spiro atoms. The largest absolute Gasteiger partial charge is 0.417 e. The first-order valence-corrected chi connectivity index (χ1v) is 9.37. The number of nitrogens with one attached hydrogen (secondary N) is 2. The van der Waals surface area contributed by atoms with E-state index in [1.165, 1.54) is 0 Å². The number of methoxy groups -OCH3 is 1. The summed E-state index contributed by atoms with van der Waals surface area (Å²) in [6.45, 7) is 0.524. The molecule has 30 heavy (non-hydrogen) atoms. The van der Waals surface area contributed by atoms with E-state index >= 15 is 0 Å². The highest BCUT2D eigenvalue weighted by molar-refractivity contribution is 5.70. The zero-order valence-electron chi connectivity index (χ0n) is 16.6. The van der Waals surface area contributed by atoms with Gasteiger partial charge in [-0.05, 0) is 42.5 Å². The first kappa shape index (κ1) is 21.7. The summed E-state index contributed by atoms with van der Waals surface area (Å²) in [5, 5.41) is 8.57. The van der Waals surface area contributed by atoms with Crippen LogP contribution in [0.3, 0.4) is 0 Å². The molecule has 0 amide bonds. The number of anilines is 4. The van der Waals surface area contributed by atoms with E-state index in [0.717, 1.165) is 24.2 Å². The molecule has 7 nitrogen and oxygen atoms in total. The van der Waals surface area contributed by atoms with Crippen molar-refractivity contribution in [3.63, 3.8) is 0 Å². The highest BCUT2D eigenvalue weighted by atomic mass is 19.4. The van der Waals surface area contributed by atoms with Crippen LogP contribution in [-0.4, -0.2) is 39.0 Å². The topological polar surface area (TPSA) is 75.2 Å². The number of nitrogens with zero attached hydrogens (tertiary/aromatic N) is 2. The van der Waals surface area contributed by atoms with Gasteiger partial charge in [-0.1, -0.05) is 0 Å². The zero-order chi connectivity index (χ0) is 21.8. The van der Waals surface area contributed by atoms with Crippen molar-refractivity contribution in [1.82, 2.24) is 0 Å². The molecule has 1 fully saturated rings. The Morgan fingerprint density at radius 2 is 1.70 bits per heavy atom. The lowest BCUT2D eigenvalue weighted by Crippen LogP contribution is -2.54.